The maximum absolute atomic E-state index is 5.65. The number of hydrogen-bond acceptors (Lipinski definition) is 1. The normalized spacial score (nSPS) is 26.2. The van der Waals surface area contributed by atoms with Crippen LogP contribution in [0.15, 0.2) is 55.1 Å². The van der Waals surface area contributed by atoms with E-state index in [1.807, 2.05) is 30.4 Å². The Morgan fingerprint density at radius 3 is 2.62 bits per heavy atom. The van der Waals surface area contributed by atoms with Crippen LogP contribution in [0, 0.1) is 0 Å². The molecule has 0 N–H and O–H groups in total. The van der Waals surface area contributed by atoms with Gasteiger partial charge in [-0.2, -0.15) is 0 Å². The minimum absolute atomic E-state index is 0.388. The zero-order valence-electron chi connectivity index (χ0n) is 7.44. The van der Waals surface area contributed by atoms with Gasteiger partial charge in [0.15, 0.2) is 0 Å². The molecule has 0 fully saturated rings. The van der Waals surface area contributed by atoms with E-state index in [2.05, 4.69) is 24.8 Å². The van der Waals surface area contributed by atoms with Crippen molar-refractivity contribution in [3.8, 4) is 0 Å². The molecule has 0 radical (unpaired) electrons. The van der Waals surface area contributed by atoms with E-state index in [4.69, 9.17) is 4.74 Å². The quantitative estimate of drug-likeness (QED) is 0.623. The average molecular weight is 172 g/mol. The highest BCUT2D eigenvalue weighted by Crippen LogP contribution is 2.31. The topological polar surface area (TPSA) is 9.23 Å². The van der Waals surface area contributed by atoms with Crippen LogP contribution in [-0.2, 0) is 10.3 Å². The molecule has 0 bridgehead atoms. The van der Waals surface area contributed by atoms with Gasteiger partial charge in [0.05, 0.1) is 6.61 Å². The minimum Gasteiger partial charge on any atom is -0.358 e. The SMILES string of the molecule is C=CC1(c2ccccc2)C=CCO1. The Kier molecular flexibility index (Phi) is 2.03. The monoisotopic (exact) mass is 172 g/mol. The molecule has 1 aromatic carbocycles. The van der Waals surface area contributed by atoms with Crippen molar-refractivity contribution in [1.29, 1.82) is 0 Å². The van der Waals surface area contributed by atoms with Crippen LogP contribution >= 0.6 is 0 Å². The summed E-state index contributed by atoms with van der Waals surface area (Å²) in [5.41, 5.74) is 0.750. The minimum atomic E-state index is -0.388. The number of ether oxygens (including phenoxy) is 1. The first-order valence-corrected chi connectivity index (χ1v) is 4.38. The van der Waals surface area contributed by atoms with Crippen LogP contribution in [0.5, 0.6) is 0 Å². The summed E-state index contributed by atoms with van der Waals surface area (Å²) in [4.78, 5) is 0. The zero-order chi connectivity index (χ0) is 9.15. The molecule has 0 saturated carbocycles. The van der Waals surface area contributed by atoms with E-state index in [9.17, 15) is 0 Å². The molecule has 1 heteroatoms. The van der Waals surface area contributed by atoms with Gasteiger partial charge in [-0.05, 0) is 11.6 Å². The summed E-state index contributed by atoms with van der Waals surface area (Å²) in [5.74, 6) is 0. The molecule has 1 unspecified atom stereocenters. The Labute approximate surface area is 78.3 Å². The molecule has 1 heterocycles. The van der Waals surface area contributed by atoms with Gasteiger partial charge in [0.1, 0.15) is 5.60 Å². The van der Waals surface area contributed by atoms with Crippen LogP contribution in [0.1, 0.15) is 5.56 Å². The van der Waals surface area contributed by atoms with E-state index in [1.165, 1.54) is 0 Å². The number of rotatable bonds is 2. The third-order valence-electron chi connectivity index (χ3n) is 2.31. The molecule has 13 heavy (non-hydrogen) atoms. The van der Waals surface area contributed by atoms with E-state index in [0.717, 1.165) is 5.56 Å². The van der Waals surface area contributed by atoms with Crippen molar-refractivity contribution in [2.24, 2.45) is 0 Å². The first-order valence-electron chi connectivity index (χ1n) is 4.38. The highest BCUT2D eigenvalue weighted by Gasteiger charge is 2.28. The lowest BCUT2D eigenvalue weighted by molar-refractivity contribution is 0.0641. The van der Waals surface area contributed by atoms with Crippen LogP contribution < -0.4 is 0 Å². The molecule has 0 aromatic heterocycles. The Morgan fingerprint density at radius 2 is 2.08 bits per heavy atom. The Balaban J connectivity index is 2.43. The largest absolute Gasteiger partial charge is 0.358 e. The first kappa shape index (κ1) is 8.27. The van der Waals surface area contributed by atoms with Crippen LogP contribution in [-0.4, -0.2) is 6.61 Å². The second-order valence-corrected chi connectivity index (χ2v) is 3.08. The molecule has 1 aromatic rings. The van der Waals surface area contributed by atoms with Crippen molar-refractivity contribution in [3.63, 3.8) is 0 Å². The van der Waals surface area contributed by atoms with Gasteiger partial charge in [0, 0.05) is 0 Å². The van der Waals surface area contributed by atoms with Crippen molar-refractivity contribution >= 4 is 0 Å². The maximum atomic E-state index is 5.65. The highest BCUT2D eigenvalue weighted by molar-refractivity contribution is 5.34. The van der Waals surface area contributed by atoms with Crippen molar-refractivity contribution in [2.45, 2.75) is 5.60 Å². The van der Waals surface area contributed by atoms with Crippen LogP contribution in [0.4, 0.5) is 0 Å². The summed E-state index contributed by atoms with van der Waals surface area (Å²) in [7, 11) is 0. The molecule has 2 rings (SSSR count). The molecule has 66 valence electrons. The summed E-state index contributed by atoms with van der Waals surface area (Å²) >= 11 is 0. The molecule has 1 atom stereocenters. The van der Waals surface area contributed by atoms with Gasteiger partial charge < -0.3 is 4.74 Å². The standard InChI is InChI=1S/C12H12O/c1-2-12(9-6-10-13-12)11-7-4-3-5-8-11/h2-9H,1,10H2. The van der Waals surface area contributed by atoms with E-state index in [1.54, 1.807) is 0 Å². The predicted molar refractivity (Wildman–Crippen MR) is 53.4 cm³/mol. The summed E-state index contributed by atoms with van der Waals surface area (Å²) in [6.07, 6.45) is 5.91. The Hall–Kier alpha value is -1.34. The molecule has 0 saturated heterocycles. The molecule has 0 spiro atoms. The van der Waals surface area contributed by atoms with Crippen molar-refractivity contribution in [1.82, 2.24) is 0 Å². The predicted octanol–water partition coefficient (Wildman–Crippen LogP) is 2.65. The number of hydrogen-bond donors (Lipinski definition) is 0. The third kappa shape index (κ3) is 1.31. The van der Waals surface area contributed by atoms with Gasteiger partial charge in [0.2, 0.25) is 0 Å². The van der Waals surface area contributed by atoms with Crippen LogP contribution in [0.2, 0.25) is 0 Å². The van der Waals surface area contributed by atoms with Crippen LogP contribution in [0.25, 0.3) is 0 Å². The molecule has 1 aliphatic rings. The highest BCUT2D eigenvalue weighted by atomic mass is 16.5. The lowest BCUT2D eigenvalue weighted by atomic mass is 9.94. The average Bonchev–Trinajstić information content (AvgIpc) is 2.69. The lowest BCUT2D eigenvalue weighted by Crippen LogP contribution is -2.20. The number of benzene rings is 1. The Morgan fingerprint density at radius 1 is 1.31 bits per heavy atom. The molecule has 1 aliphatic heterocycles. The summed E-state index contributed by atoms with van der Waals surface area (Å²) in [5, 5.41) is 0. The second-order valence-electron chi connectivity index (χ2n) is 3.08. The van der Waals surface area contributed by atoms with E-state index in [0.29, 0.717) is 6.61 Å². The molecular weight excluding hydrogens is 160 g/mol. The fourth-order valence-corrected chi connectivity index (χ4v) is 1.58. The van der Waals surface area contributed by atoms with E-state index in [-0.39, 0.29) is 5.60 Å². The van der Waals surface area contributed by atoms with Gasteiger partial charge >= 0.3 is 0 Å². The smallest absolute Gasteiger partial charge is 0.130 e. The van der Waals surface area contributed by atoms with Gasteiger partial charge in [0.25, 0.3) is 0 Å². The van der Waals surface area contributed by atoms with Gasteiger partial charge in [-0.15, -0.1) is 0 Å². The fraction of sp³-hybridized carbons (Fsp3) is 0.167. The third-order valence-corrected chi connectivity index (χ3v) is 2.31. The fourth-order valence-electron chi connectivity index (χ4n) is 1.58. The lowest BCUT2D eigenvalue weighted by Gasteiger charge is -2.23. The van der Waals surface area contributed by atoms with Gasteiger partial charge in [-0.25, -0.2) is 0 Å². The van der Waals surface area contributed by atoms with E-state index >= 15 is 0 Å². The Bertz CT molecular complexity index is 326. The van der Waals surface area contributed by atoms with E-state index < -0.39 is 0 Å². The zero-order valence-corrected chi connectivity index (χ0v) is 7.44. The second kappa shape index (κ2) is 3.19. The molecule has 1 nitrogen and oxygen atoms in total. The molecule has 0 aliphatic carbocycles. The van der Waals surface area contributed by atoms with Crippen molar-refractivity contribution in [2.75, 3.05) is 6.61 Å². The van der Waals surface area contributed by atoms with Gasteiger partial charge in [-0.1, -0.05) is 49.1 Å². The molecule has 0 amide bonds. The summed E-state index contributed by atoms with van der Waals surface area (Å²) in [6.45, 7) is 4.48. The summed E-state index contributed by atoms with van der Waals surface area (Å²) in [6, 6.07) is 10.1. The van der Waals surface area contributed by atoms with Gasteiger partial charge in [-0.3, -0.25) is 0 Å². The summed E-state index contributed by atoms with van der Waals surface area (Å²) < 4.78 is 5.65. The molecular formula is C12H12O. The first-order chi connectivity index (χ1) is 6.37. The maximum Gasteiger partial charge on any atom is 0.130 e. The van der Waals surface area contributed by atoms with Crippen molar-refractivity contribution < 1.29 is 4.74 Å². The van der Waals surface area contributed by atoms with Crippen molar-refractivity contribution in [3.05, 3.63) is 60.7 Å². The van der Waals surface area contributed by atoms with Crippen LogP contribution in [0.3, 0.4) is 0 Å².